The van der Waals surface area contributed by atoms with E-state index in [2.05, 4.69) is 0 Å². The van der Waals surface area contributed by atoms with Crippen molar-refractivity contribution in [3.63, 3.8) is 0 Å². The summed E-state index contributed by atoms with van der Waals surface area (Å²) in [5, 5.41) is 0. The highest BCUT2D eigenvalue weighted by Gasteiger charge is 2.74. The Morgan fingerprint density at radius 2 is 1.72 bits per heavy atom. The van der Waals surface area contributed by atoms with Crippen LogP contribution in [0.1, 0.15) is 19.4 Å². The van der Waals surface area contributed by atoms with Gasteiger partial charge in [-0.2, -0.15) is 0 Å². The van der Waals surface area contributed by atoms with Crippen LogP contribution < -0.4 is 4.90 Å². The maximum absolute atomic E-state index is 13.1. The molecule has 0 radical (unpaired) electrons. The zero-order valence-corrected chi connectivity index (χ0v) is 14.5. The Labute approximate surface area is 145 Å². The van der Waals surface area contributed by atoms with Gasteiger partial charge in [0.2, 0.25) is 11.8 Å². The Hall–Kier alpha value is -2.47. The molecule has 3 aliphatic rings. The van der Waals surface area contributed by atoms with Crippen LogP contribution in [-0.2, 0) is 23.9 Å². The van der Waals surface area contributed by atoms with Gasteiger partial charge in [0.25, 0.3) is 0 Å². The molecule has 1 aromatic rings. The molecular weight excluding hydrogens is 322 g/mol. The van der Waals surface area contributed by atoms with Gasteiger partial charge in [-0.1, -0.05) is 17.7 Å². The number of ether oxygens (including phenoxy) is 2. The van der Waals surface area contributed by atoms with Gasteiger partial charge in [-0.25, -0.2) is 9.69 Å². The molecule has 3 heterocycles. The number of imide groups is 1. The normalized spacial score (nSPS) is 35.8. The van der Waals surface area contributed by atoms with Crippen molar-refractivity contribution in [2.75, 3.05) is 12.0 Å². The number of anilines is 1. The lowest BCUT2D eigenvalue weighted by Gasteiger charge is -2.28. The van der Waals surface area contributed by atoms with Crippen LogP contribution in [0.15, 0.2) is 35.9 Å². The van der Waals surface area contributed by atoms with Crippen molar-refractivity contribution in [1.82, 2.24) is 0 Å². The molecule has 4 atom stereocenters. The van der Waals surface area contributed by atoms with Crippen molar-refractivity contribution in [3.8, 4) is 0 Å². The quantitative estimate of drug-likeness (QED) is 0.605. The van der Waals surface area contributed by atoms with Crippen molar-refractivity contribution in [2.45, 2.75) is 32.0 Å². The average molecular weight is 341 g/mol. The summed E-state index contributed by atoms with van der Waals surface area (Å²) < 4.78 is 10.9. The maximum Gasteiger partial charge on any atom is 0.336 e. The number of esters is 1. The first kappa shape index (κ1) is 16.0. The number of amides is 2. The maximum atomic E-state index is 13.1. The molecule has 0 aliphatic carbocycles. The molecule has 130 valence electrons. The lowest BCUT2D eigenvalue weighted by atomic mass is 9.69. The molecule has 2 saturated heterocycles. The van der Waals surface area contributed by atoms with E-state index in [1.54, 1.807) is 32.1 Å². The Balaban J connectivity index is 1.80. The summed E-state index contributed by atoms with van der Waals surface area (Å²) >= 11 is 0. The minimum absolute atomic E-state index is 0.287. The number of carbonyl (C=O) groups excluding carboxylic acids is 3. The Morgan fingerprint density at radius 1 is 1.12 bits per heavy atom. The number of methoxy groups -OCH3 is 1. The second-order valence-corrected chi connectivity index (χ2v) is 7.25. The summed E-state index contributed by atoms with van der Waals surface area (Å²) in [5.41, 5.74) is -0.250. The van der Waals surface area contributed by atoms with Gasteiger partial charge in [0.15, 0.2) is 0 Å². The van der Waals surface area contributed by atoms with Gasteiger partial charge in [0, 0.05) is 0 Å². The number of nitrogens with zero attached hydrogens (tertiary/aromatic N) is 1. The van der Waals surface area contributed by atoms with Gasteiger partial charge in [-0.3, -0.25) is 9.59 Å². The molecule has 0 aromatic heterocycles. The molecule has 2 amide bonds. The molecule has 25 heavy (non-hydrogen) atoms. The number of rotatable bonds is 2. The van der Waals surface area contributed by atoms with Crippen LogP contribution in [0.3, 0.4) is 0 Å². The van der Waals surface area contributed by atoms with Crippen LogP contribution in [0, 0.1) is 18.8 Å². The third-order valence-electron chi connectivity index (χ3n) is 5.61. The van der Waals surface area contributed by atoms with Crippen LogP contribution in [0.4, 0.5) is 5.69 Å². The molecule has 1 aromatic carbocycles. The SMILES string of the molecule is COC(=O)C1=C[C@@]2(C)O[C@]1(C)[C@@H]1C(=O)N(c3ccc(C)cc3)C(=O)[C@@H]12. The zero-order valence-electron chi connectivity index (χ0n) is 14.5. The summed E-state index contributed by atoms with van der Waals surface area (Å²) in [6, 6.07) is 7.23. The van der Waals surface area contributed by atoms with Crippen molar-refractivity contribution in [3.05, 3.63) is 41.5 Å². The summed E-state index contributed by atoms with van der Waals surface area (Å²) in [7, 11) is 1.29. The number of benzene rings is 1. The molecule has 6 nitrogen and oxygen atoms in total. The van der Waals surface area contributed by atoms with Gasteiger partial charge >= 0.3 is 5.97 Å². The van der Waals surface area contributed by atoms with E-state index in [0.29, 0.717) is 11.3 Å². The van der Waals surface area contributed by atoms with E-state index in [9.17, 15) is 14.4 Å². The lowest BCUT2D eigenvalue weighted by molar-refractivity contribution is -0.139. The molecule has 4 rings (SSSR count). The smallest absolute Gasteiger partial charge is 0.336 e. The van der Waals surface area contributed by atoms with Gasteiger partial charge in [0.05, 0.1) is 35.8 Å². The molecule has 6 heteroatoms. The molecule has 0 unspecified atom stereocenters. The highest BCUT2D eigenvalue weighted by atomic mass is 16.6. The average Bonchev–Trinajstić information content (AvgIpc) is 3.10. The molecule has 3 aliphatic heterocycles. The molecule has 2 fully saturated rings. The summed E-state index contributed by atoms with van der Waals surface area (Å²) in [6.45, 7) is 5.38. The third kappa shape index (κ3) is 1.86. The Bertz CT molecular complexity index is 842. The molecular formula is C19H19NO5. The number of fused-ring (bicyclic) bond motifs is 5. The minimum Gasteiger partial charge on any atom is -0.466 e. The number of carbonyl (C=O) groups is 3. The third-order valence-corrected chi connectivity index (χ3v) is 5.61. The number of hydrogen-bond acceptors (Lipinski definition) is 5. The topological polar surface area (TPSA) is 72.9 Å². The molecule has 2 bridgehead atoms. The number of hydrogen-bond donors (Lipinski definition) is 0. The predicted molar refractivity (Wildman–Crippen MR) is 88.6 cm³/mol. The highest BCUT2D eigenvalue weighted by Crippen LogP contribution is 2.60. The van der Waals surface area contributed by atoms with Crippen LogP contribution in [0.25, 0.3) is 0 Å². The van der Waals surface area contributed by atoms with Crippen LogP contribution in [0.2, 0.25) is 0 Å². The van der Waals surface area contributed by atoms with Crippen molar-refractivity contribution >= 4 is 23.5 Å². The fourth-order valence-corrected chi connectivity index (χ4v) is 4.48. The summed E-state index contributed by atoms with van der Waals surface area (Å²) in [6.07, 6.45) is 1.64. The predicted octanol–water partition coefficient (Wildman–Crippen LogP) is 1.76. The highest BCUT2D eigenvalue weighted by molar-refractivity contribution is 6.24. The molecule has 0 saturated carbocycles. The zero-order chi connectivity index (χ0) is 18.1. The first-order chi connectivity index (χ1) is 11.7. The van der Waals surface area contributed by atoms with Gasteiger partial charge in [0.1, 0.15) is 5.60 Å². The van der Waals surface area contributed by atoms with Crippen molar-refractivity contribution in [1.29, 1.82) is 0 Å². The fourth-order valence-electron chi connectivity index (χ4n) is 4.48. The summed E-state index contributed by atoms with van der Waals surface area (Å²) in [4.78, 5) is 39.5. The monoisotopic (exact) mass is 341 g/mol. The standard InChI is InChI=1S/C19H19NO5/c1-10-5-7-11(8-6-10)20-15(21)13-14(16(20)22)19(3)12(17(23)24-4)9-18(13,2)25-19/h5-9,13-14H,1-4H3/t13-,14+,18-,19+/m1/s1. The van der Waals surface area contributed by atoms with E-state index in [4.69, 9.17) is 9.47 Å². The van der Waals surface area contributed by atoms with Crippen LogP contribution in [-0.4, -0.2) is 36.1 Å². The van der Waals surface area contributed by atoms with Crippen molar-refractivity contribution < 1.29 is 23.9 Å². The van der Waals surface area contributed by atoms with Gasteiger partial charge in [-0.15, -0.1) is 0 Å². The summed E-state index contributed by atoms with van der Waals surface area (Å²) in [5.74, 6) is -2.52. The van der Waals surface area contributed by atoms with E-state index < -0.39 is 29.0 Å². The van der Waals surface area contributed by atoms with E-state index in [0.717, 1.165) is 5.56 Å². The molecule has 0 spiro atoms. The minimum atomic E-state index is -1.15. The largest absolute Gasteiger partial charge is 0.466 e. The van der Waals surface area contributed by atoms with Gasteiger partial charge in [-0.05, 0) is 39.0 Å². The second-order valence-electron chi connectivity index (χ2n) is 7.25. The second kappa shape index (κ2) is 4.79. The van der Waals surface area contributed by atoms with Gasteiger partial charge < -0.3 is 9.47 Å². The van der Waals surface area contributed by atoms with E-state index >= 15 is 0 Å². The van der Waals surface area contributed by atoms with E-state index in [1.807, 2.05) is 19.1 Å². The lowest BCUT2D eigenvalue weighted by Crippen LogP contribution is -2.43. The van der Waals surface area contributed by atoms with Crippen LogP contribution in [0.5, 0.6) is 0 Å². The first-order valence-electron chi connectivity index (χ1n) is 8.19. The fraction of sp³-hybridized carbons (Fsp3) is 0.421. The number of aryl methyl sites for hydroxylation is 1. The van der Waals surface area contributed by atoms with Crippen LogP contribution >= 0.6 is 0 Å². The molecule has 0 N–H and O–H groups in total. The Kier molecular flexibility index (Phi) is 3.07. The van der Waals surface area contributed by atoms with E-state index in [-0.39, 0.29) is 11.8 Å². The van der Waals surface area contributed by atoms with Crippen molar-refractivity contribution in [2.24, 2.45) is 11.8 Å². The Morgan fingerprint density at radius 3 is 2.32 bits per heavy atom. The van der Waals surface area contributed by atoms with E-state index in [1.165, 1.54) is 12.0 Å². The first-order valence-corrected chi connectivity index (χ1v) is 8.19.